The molecule has 2 heterocycles. The van der Waals surface area contributed by atoms with Gasteiger partial charge >= 0.3 is 12.5 Å². The summed E-state index contributed by atoms with van der Waals surface area (Å²) in [5, 5.41) is 9.23. The van der Waals surface area contributed by atoms with Crippen molar-refractivity contribution >= 4 is 44.5 Å². The summed E-state index contributed by atoms with van der Waals surface area (Å²) in [7, 11) is -2.47. The largest absolute Gasteiger partial charge is 0.573 e. The van der Waals surface area contributed by atoms with Gasteiger partial charge in [-0.15, -0.1) is 13.2 Å². The number of pyridine rings is 1. The van der Waals surface area contributed by atoms with Crippen molar-refractivity contribution in [3.63, 3.8) is 0 Å². The van der Waals surface area contributed by atoms with E-state index in [9.17, 15) is 40.8 Å². The van der Waals surface area contributed by atoms with Crippen LogP contribution in [0.5, 0.6) is 17.4 Å². The van der Waals surface area contributed by atoms with Crippen LogP contribution in [0.1, 0.15) is 65.7 Å². The zero-order valence-corrected chi connectivity index (χ0v) is 35.5. The first-order chi connectivity index (χ1) is 29.2. The lowest BCUT2D eigenvalue weighted by Crippen LogP contribution is -2.55. The van der Waals surface area contributed by atoms with Crippen molar-refractivity contribution < 1.29 is 59.7 Å². The van der Waals surface area contributed by atoms with Crippen molar-refractivity contribution in [3.05, 3.63) is 60.7 Å². The molecule has 3 aromatic rings. The predicted octanol–water partition coefficient (Wildman–Crippen LogP) is 5.47. The first kappa shape index (κ1) is 44.6. The number of aromatic nitrogens is 1. The number of hydrogen-bond donors (Lipinski definition) is 4. The van der Waals surface area contributed by atoms with E-state index in [0.29, 0.717) is 60.0 Å². The summed E-state index contributed by atoms with van der Waals surface area (Å²) in [6, 6.07) is 10.9. The van der Waals surface area contributed by atoms with Gasteiger partial charge in [0, 0.05) is 29.3 Å². The number of nitrogens with zero attached hydrogens (tertiary/aromatic N) is 1. The Morgan fingerprint density at radius 1 is 0.968 bits per heavy atom. The second-order valence-electron chi connectivity index (χ2n) is 17.2. The van der Waals surface area contributed by atoms with E-state index >= 15 is 0 Å². The number of Topliss-reactive ketones (excluding diaryl/α,β-unsaturated/α-hetero) is 1. The lowest BCUT2D eigenvalue weighted by molar-refractivity contribution is -0.274. The van der Waals surface area contributed by atoms with Crippen molar-refractivity contribution in [1.82, 2.24) is 25.7 Å². The Labute approximate surface area is 356 Å². The molecular weight excluding hydrogens is 836 g/mol. The van der Waals surface area contributed by atoms with E-state index in [1.54, 1.807) is 51.1 Å². The molecule has 4 aliphatic rings. The number of methoxy groups -OCH3 is 1. The van der Waals surface area contributed by atoms with Crippen LogP contribution in [-0.4, -0.2) is 92.2 Å². The highest BCUT2D eigenvalue weighted by Crippen LogP contribution is 2.47. The number of ketones is 1. The van der Waals surface area contributed by atoms with Gasteiger partial charge < -0.3 is 34.9 Å². The van der Waals surface area contributed by atoms with Crippen LogP contribution in [0.25, 0.3) is 22.0 Å². The van der Waals surface area contributed by atoms with Crippen molar-refractivity contribution in [1.29, 1.82) is 0 Å². The molecule has 3 amide bonds. The fourth-order valence-electron chi connectivity index (χ4n) is 8.00. The van der Waals surface area contributed by atoms with Crippen LogP contribution in [0.3, 0.4) is 0 Å². The normalized spacial score (nSPS) is 25.9. The summed E-state index contributed by atoms with van der Waals surface area (Å²) in [4.78, 5) is 60.9. The molecule has 0 radical (unpaired) electrons. The number of allylic oxidation sites excluding steroid dienone is 1. The molecule has 2 unspecified atom stereocenters. The van der Waals surface area contributed by atoms with Crippen LogP contribution < -0.4 is 34.9 Å². The average Bonchev–Trinajstić information content (AvgIpc) is 4.12. The molecule has 62 heavy (non-hydrogen) atoms. The van der Waals surface area contributed by atoms with Gasteiger partial charge in [0.1, 0.15) is 34.8 Å². The van der Waals surface area contributed by atoms with E-state index in [0.717, 1.165) is 12.1 Å². The van der Waals surface area contributed by atoms with E-state index < -0.39 is 92.1 Å². The lowest BCUT2D eigenvalue weighted by Gasteiger charge is -2.27. The summed E-state index contributed by atoms with van der Waals surface area (Å²) in [6.45, 7) is 5.54. The molecule has 0 bridgehead atoms. The van der Waals surface area contributed by atoms with Gasteiger partial charge in [-0.25, -0.2) is 18.2 Å². The van der Waals surface area contributed by atoms with Crippen LogP contribution in [-0.2, 0) is 29.1 Å². The minimum absolute atomic E-state index is 0.0188. The molecule has 6 atom stereocenters. The third-order valence-corrected chi connectivity index (χ3v) is 13.1. The zero-order valence-electron chi connectivity index (χ0n) is 34.7. The summed E-state index contributed by atoms with van der Waals surface area (Å²) in [6.07, 6.45) is -0.717. The Morgan fingerprint density at radius 3 is 2.35 bits per heavy atom. The van der Waals surface area contributed by atoms with Crippen LogP contribution in [0.4, 0.5) is 18.0 Å². The molecule has 3 saturated carbocycles. The van der Waals surface area contributed by atoms with Crippen molar-refractivity contribution in [2.24, 2.45) is 17.8 Å². The fourth-order valence-corrected chi connectivity index (χ4v) is 9.37. The molecule has 1 aromatic heterocycles. The molecule has 7 rings (SSSR count). The highest BCUT2D eigenvalue weighted by molar-refractivity contribution is 7.91. The molecule has 19 heteroatoms. The van der Waals surface area contributed by atoms with E-state index in [4.69, 9.17) is 19.2 Å². The third-order valence-electron chi connectivity index (χ3n) is 11.3. The van der Waals surface area contributed by atoms with E-state index in [-0.39, 0.29) is 31.7 Å². The first-order valence-corrected chi connectivity index (χ1v) is 22.1. The quantitative estimate of drug-likeness (QED) is 0.198. The number of amides is 3. The summed E-state index contributed by atoms with van der Waals surface area (Å²) >= 11 is 0. The average molecular weight is 886 g/mol. The number of halogens is 3. The van der Waals surface area contributed by atoms with Gasteiger partial charge in [-0.1, -0.05) is 12.2 Å². The summed E-state index contributed by atoms with van der Waals surface area (Å²) in [5.41, 5.74) is -1.70. The van der Waals surface area contributed by atoms with Gasteiger partial charge in [-0.2, -0.15) is 0 Å². The SMILES string of the molecule is COc1ccc2c(OC3CC4C(=O)[C@@H](NC(=O)OC(C)(C)C)CNCCCC=C[C@@H]5C[C@@]5(C(=O)NS(=O)(=O)C5CC5)NC(=O)[C@@H]4C3)nc(-c3ccc(OC(F)(F)F)cc3)cc2c1. The lowest BCUT2D eigenvalue weighted by atomic mass is 9.87. The second-order valence-corrected chi connectivity index (χ2v) is 19.2. The van der Waals surface area contributed by atoms with Gasteiger partial charge in [-0.3, -0.25) is 19.1 Å². The molecular formula is C43H50F3N5O10S. The molecule has 334 valence electrons. The van der Waals surface area contributed by atoms with Gasteiger partial charge in [-0.05, 0) is 126 Å². The molecule has 15 nitrogen and oxygen atoms in total. The molecule has 0 spiro atoms. The van der Waals surface area contributed by atoms with Gasteiger partial charge in [0.15, 0.2) is 5.78 Å². The highest BCUT2D eigenvalue weighted by Gasteiger charge is 2.62. The van der Waals surface area contributed by atoms with E-state index in [1.165, 1.54) is 19.2 Å². The fraction of sp³-hybridized carbons (Fsp3) is 0.512. The number of rotatable bonds is 9. The molecule has 3 aliphatic carbocycles. The molecule has 0 saturated heterocycles. The van der Waals surface area contributed by atoms with E-state index in [2.05, 4.69) is 25.4 Å². The Morgan fingerprint density at radius 2 is 1.68 bits per heavy atom. The number of carbonyl (C=O) groups excluding carboxylic acids is 4. The number of sulfonamides is 1. The molecule has 1 aliphatic heterocycles. The van der Waals surface area contributed by atoms with Crippen LogP contribution in [0.15, 0.2) is 60.7 Å². The summed E-state index contributed by atoms with van der Waals surface area (Å²) in [5.74, 6) is -4.49. The summed E-state index contributed by atoms with van der Waals surface area (Å²) < 4.78 is 88.3. The molecule has 4 N–H and O–H groups in total. The monoisotopic (exact) mass is 885 g/mol. The molecule has 2 aromatic carbocycles. The van der Waals surface area contributed by atoms with Gasteiger partial charge in [0.2, 0.25) is 21.8 Å². The Bertz CT molecular complexity index is 2350. The predicted molar refractivity (Wildman–Crippen MR) is 220 cm³/mol. The van der Waals surface area contributed by atoms with Crippen molar-refractivity contribution in [3.8, 4) is 28.6 Å². The smallest absolute Gasteiger partial charge is 0.497 e. The number of ether oxygens (including phenoxy) is 4. The number of carbonyl (C=O) groups is 4. The Kier molecular flexibility index (Phi) is 12.5. The first-order valence-electron chi connectivity index (χ1n) is 20.5. The van der Waals surface area contributed by atoms with Crippen LogP contribution >= 0.6 is 0 Å². The maximum atomic E-state index is 14.7. The zero-order chi connectivity index (χ0) is 44.6. The minimum Gasteiger partial charge on any atom is -0.497 e. The minimum atomic E-state index is -4.88. The maximum absolute atomic E-state index is 14.7. The standard InChI is InChI=1S/C43H50F3N5O10S/c1-41(2,3)61-40(55)49-35-23-47-17-7-5-6-8-26-22-42(26,39(54)51-62(56,57)30-14-15-30)50-37(53)33-21-29(20-32(33)36(35)52)59-38-31-16-13-28(58-4)18-25(31)19-34(48-38)24-9-11-27(12-10-24)60-43(44,45)46/h6,8-13,16,18-19,26,29-30,32-33,35,47H,5,7,14-15,17,20-23H2,1-4H3,(H,49,55)(H,50,53)(H,51,54)/t26-,29?,32?,33-,35+,42-/m1/s1. The third kappa shape index (κ3) is 10.6. The van der Waals surface area contributed by atoms with Crippen molar-refractivity contribution in [2.45, 2.75) is 101 Å². The number of fused-ring (bicyclic) bond motifs is 3. The highest BCUT2D eigenvalue weighted by atomic mass is 32.2. The Hall–Kier alpha value is -5.43. The molecule has 3 fully saturated rings. The van der Waals surface area contributed by atoms with Gasteiger partial charge in [0.25, 0.3) is 5.91 Å². The number of hydrogen-bond acceptors (Lipinski definition) is 12. The number of nitrogens with one attached hydrogen (secondary N) is 4. The van der Waals surface area contributed by atoms with Crippen LogP contribution in [0.2, 0.25) is 0 Å². The van der Waals surface area contributed by atoms with E-state index in [1.807, 2.05) is 6.08 Å². The topological polar surface area (TPSA) is 200 Å². The number of benzene rings is 2. The number of alkyl halides is 3. The van der Waals surface area contributed by atoms with Crippen LogP contribution in [0, 0.1) is 17.8 Å². The second kappa shape index (κ2) is 17.4. The Balaban J connectivity index is 1.23. The van der Waals surface area contributed by atoms with Crippen molar-refractivity contribution in [2.75, 3.05) is 20.2 Å². The number of alkyl carbamates (subject to hydrolysis) is 1. The van der Waals surface area contributed by atoms with Gasteiger partial charge in [0.05, 0.1) is 24.0 Å². The maximum Gasteiger partial charge on any atom is 0.573 e.